The first kappa shape index (κ1) is 72.6. The van der Waals surface area contributed by atoms with Crippen molar-refractivity contribution in [1.29, 1.82) is 0 Å². The second-order valence-corrected chi connectivity index (χ2v) is 27.5. The molecule has 13 unspecified atom stereocenters. The molecule has 8 aromatic carbocycles. The van der Waals surface area contributed by atoms with Gasteiger partial charge in [0.05, 0.1) is 66.1 Å². The molecule has 8 aliphatic rings. The van der Waals surface area contributed by atoms with Gasteiger partial charge >= 0.3 is 5.97 Å². The Balaban J connectivity index is 0.817. The molecule has 0 saturated carbocycles. The van der Waals surface area contributed by atoms with Crippen LogP contribution in [0.25, 0.3) is 0 Å². The molecular weight excluding hydrogens is 1360 g/mol. The van der Waals surface area contributed by atoms with E-state index in [2.05, 4.69) is 0 Å². The molecule has 0 bridgehead atoms. The van der Waals surface area contributed by atoms with E-state index in [0.29, 0.717) is 0 Å². The van der Waals surface area contributed by atoms with Crippen molar-refractivity contribution in [3.8, 4) is 0 Å². The van der Waals surface area contributed by atoms with Crippen LogP contribution in [-0.4, -0.2) is 163 Å². The molecule has 22 nitrogen and oxygen atoms in total. The van der Waals surface area contributed by atoms with E-state index in [1.165, 1.54) is 7.11 Å². The minimum Gasteiger partial charge on any atom is -0.467 e. The van der Waals surface area contributed by atoms with E-state index < -0.39 is 160 Å². The summed E-state index contributed by atoms with van der Waals surface area (Å²) in [6, 6.07) is 78.3. The Morgan fingerprint density at radius 1 is 0.302 bits per heavy atom. The average molecular weight is 1450 g/mol. The third-order valence-corrected chi connectivity index (χ3v) is 20.4. The fraction of sp³-hybridized carbons (Fsp3) is 0.417. The molecular formula is C84H88O22. The summed E-state index contributed by atoms with van der Waals surface area (Å²) in [7, 11) is 1.28. The highest BCUT2D eigenvalue weighted by Crippen LogP contribution is 2.47. The number of fused-ring (bicyclic) bond motifs is 4. The van der Waals surface area contributed by atoms with Gasteiger partial charge in [-0.15, -0.1) is 0 Å². The van der Waals surface area contributed by atoms with Crippen molar-refractivity contribution in [1.82, 2.24) is 0 Å². The number of esters is 1. The molecule has 16 rings (SSSR count). The fourth-order valence-electron chi connectivity index (χ4n) is 15.0. The number of carbonyl (C=O) groups excluding carboxylic acids is 1. The van der Waals surface area contributed by atoms with Gasteiger partial charge in [-0.3, -0.25) is 0 Å². The summed E-state index contributed by atoms with van der Waals surface area (Å²) < 4.78 is 147. The average Bonchev–Trinajstić information content (AvgIpc) is 0.747. The van der Waals surface area contributed by atoms with Gasteiger partial charge in [0.2, 0.25) is 0 Å². The Morgan fingerprint density at radius 2 is 0.557 bits per heavy atom. The van der Waals surface area contributed by atoms with Crippen LogP contribution in [0.2, 0.25) is 0 Å². The molecule has 0 radical (unpaired) electrons. The van der Waals surface area contributed by atoms with Crippen LogP contribution in [-0.2, 0) is 131 Å². The van der Waals surface area contributed by atoms with Crippen LogP contribution in [0.15, 0.2) is 243 Å². The standard InChI is InChI=1S/C84H88O22/c1-52-66(87-43-53-27-11-3-12-28-53)67-61(47-91-78(100-67)57-35-19-7-20-36-57)96-77(52)104-75-72(89-45-55-31-15-5-16-32-55)69-63(49-93-80(102-69)59-39-23-9-24-40-59)98-83(75)106-76-73(90-46-56-33-17-6-18-34-56)70-64(50-94-81(103-70)60-41-25-10-26-42-60)99-84(76)105-74-71(88-44-54-29-13-4-14-30-54)68-62(97-82(74)95-51-65(85)86-2)48-92-79(101-68)58-37-21-8-22-38-58/h3-42,52,61-64,66-84H,43-51H2,1-2H3/t52?,61?,62?,63?,64?,66-,67+,68+,69+,70+,71+,72+,73+,74?,75?,76?,77-,78?,79?,80?,81?,82?,83-,84-/m0/s1. The van der Waals surface area contributed by atoms with Crippen LogP contribution in [0.3, 0.4) is 0 Å². The van der Waals surface area contributed by atoms with Gasteiger partial charge in [0.15, 0.2) is 50.3 Å². The van der Waals surface area contributed by atoms with Gasteiger partial charge in [0.1, 0.15) is 92.1 Å². The summed E-state index contributed by atoms with van der Waals surface area (Å²) in [5.74, 6) is -1.22. The lowest BCUT2D eigenvalue weighted by atomic mass is 9.90. The van der Waals surface area contributed by atoms with E-state index in [1.54, 1.807) is 0 Å². The van der Waals surface area contributed by atoms with Gasteiger partial charge < -0.3 is 99.5 Å². The number of ether oxygens (including phenoxy) is 21. The molecule has 0 aromatic heterocycles. The van der Waals surface area contributed by atoms with Crippen molar-refractivity contribution in [3.05, 3.63) is 287 Å². The Hall–Kier alpha value is -7.57. The van der Waals surface area contributed by atoms with Crippen molar-refractivity contribution in [2.45, 2.75) is 175 Å². The van der Waals surface area contributed by atoms with Crippen molar-refractivity contribution in [3.63, 3.8) is 0 Å². The minimum atomic E-state index is -1.49. The van der Waals surface area contributed by atoms with Crippen molar-refractivity contribution in [2.24, 2.45) is 5.92 Å². The summed E-state index contributed by atoms with van der Waals surface area (Å²) in [5, 5.41) is 0. The van der Waals surface area contributed by atoms with Gasteiger partial charge in [-0.25, -0.2) is 4.79 Å². The Kier molecular flexibility index (Phi) is 23.8. The monoisotopic (exact) mass is 1450 g/mol. The Morgan fingerprint density at radius 3 is 0.868 bits per heavy atom. The summed E-state index contributed by atoms with van der Waals surface area (Å²) in [6.07, 6.45) is -22.9. The SMILES string of the molecule is COC(=O)COC1OC2COC(c3ccccc3)O[C@H]2[C@@H](OCc2ccccc2)C1O[C@@H]1OC2COC(c3ccccc3)O[C@H]2[C@@H](OCc2ccccc2)C1O[C@@H]1OC2COC(c3ccccc3)O[C@H]2[C@@H](OCc2ccccc2)C1O[C@@H]1OC2COC(c3ccccc3)O[C@H]2[C@@H](OCc2ccccc2)C1C. The van der Waals surface area contributed by atoms with Crippen LogP contribution >= 0.6 is 0 Å². The van der Waals surface area contributed by atoms with Crippen LogP contribution in [0.1, 0.15) is 76.6 Å². The summed E-state index contributed by atoms with van der Waals surface area (Å²) >= 11 is 0. The molecule has 24 atom stereocenters. The van der Waals surface area contributed by atoms with Crippen molar-refractivity contribution in [2.75, 3.05) is 40.1 Å². The highest BCUT2D eigenvalue weighted by Gasteiger charge is 2.61. The molecule has 8 fully saturated rings. The third kappa shape index (κ3) is 17.0. The van der Waals surface area contributed by atoms with Gasteiger partial charge in [0.25, 0.3) is 0 Å². The molecule has 8 aromatic rings. The number of hydrogen-bond acceptors (Lipinski definition) is 22. The zero-order chi connectivity index (χ0) is 71.6. The second-order valence-electron chi connectivity index (χ2n) is 27.5. The van der Waals surface area contributed by atoms with E-state index in [0.717, 1.165) is 44.5 Å². The number of rotatable bonds is 25. The molecule has 8 heterocycles. The first-order valence-corrected chi connectivity index (χ1v) is 36.5. The van der Waals surface area contributed by atoms with Crippen LogP contribution in [0, 0.1) is 5.92 Å². The largest absolute Gasteiger partial charge is 0.467 e. The topological polar surface area (TPSA) is 211 Å². The highest BCUT2D eigenvalue weighted by molar-refractivity contribution is 5.70. The van der Waals surface area contributed by atoms with E-state index in [9.17, 15) is 4.79 Å². The van der Waals surface area contributed by atoms with E-state index in [4.69, 9.17) is 99.5 Å². The van der Waals surface area contributed by atoms with E-state index in [1.807, 2.05) is 250 Å². The van der Waals surface area contributed by atoms with Crippen LogP contribution < -0.4 is 0 Å². The van der Waals surface area contributed by atoms with Crippen molar-refractivity contribution < 1.29 is 104 Å². The van der Waals surface area contributed by atoms with Crippen molar-refractivity contribution >= 4 is 5.97 Å². The number of benzene rings is 8. The lowest BCUT2D eigenvalue weighted by Gasteiger charge is -2.55. The molecule has 0 spiro atoms. The second kappa shape index (κ2) is 34.8. The molecule has 0 amide bonds. The van der Waals surface area contributed by atoms with Gasteiger partial charge in [-0.1, -0.05) is 250 Å². The number of methoxy groups -OCH3 is 1. The quantitative estimate of drug-likeness (QED) is 0.0487. The molecule has 0 aliphatic carbocycles. The summed E-state index contributed by atoms with van der Waals surface area (Å²) in [5.41, 5.74) is 6.73. The first-order valence-electron chi connectivity index (χ1n) is 36.5. The maximum absolute atomic E-state index is 13.3. The number of hydrogen-bond donors (Lipinski definition) is 0. The lowest BCUT2D eigenvalue weighted by Crippen LogP contribution is -2.70. The summed E-state index contributed by atoms with van der Waals surface area (Å²) in [6.45, 7) is 2.24. The van der Waals surface area contributed by atoms with E-state index in [-0.39, 0.29) is 52.9 Å². The van der Waals surface area contributed by atoms with Gasteiger partial charge in [0, 0.05) is 28.2 Å². The Labute approximate surface area is 615 Å². The molecule has 22 heteroatoms. The predicted octanol–water partition coefficient (Wildman–Crippen LogP) is 11.7. The van der Waals surface area contributed by atoms with Crippen LogP contribution in [0.4, 0.5) is 0 Å². The minimum absolute atomic E-state index is 0.0114. The summed E-state index contributed by atoms with van der Waals surface area (Å²) in [4.78, 5) is 13.3. The normalized spacial score (nSPS) is 34.2. The van der Waals surface area contributed by atoms with Gasteiger partial charge in [-0.05, 0) is 22.3 Å². The Bertz CT molecular complexity index is 3980. The zero-order valence-corrected chi connectivity index (χ0v) is 58.8. The van der Waals surface area contributed by atoms with Gasteiger partial charge in [-0.2, -0.15) is 0 Å². The molecule has 0 N–H and O–H groups in total. The number of carbonyl (C=O) groups is 1. The maximum atomic E-state index is 13.3. The molecule has 8 saturated heterocycles. The highest BCUT2D eigenvalue weighted by atomic mass is 16.8. The van der Waals surface area contributed by atoms with Crippen LogP contribution in [0.5, 0.6) is 0 Å². The smallest absolute Gasteiger partial charge is 0.331 e. The third-order valence-electron chi connectivity index (χ3n) is 20.4. The molecule has 8 aliphatic heterocycles. The van der Waals surface area contributed by atoms with E-state index >= 15 is 0 Å². The zero-order valence-electron chi connectivity index (χ0n) is 58.8. The molecule has 106 heavy (non-hydrogen) atoms. The lowest BCUT2D eigenvalue weighted by molar-refractivity contribution is -0.438. The molecule has 556 valence electrons. The fourth-order valence-corrected chi connectivity index (χ4v) is 15.0. The maximum Gasteiger partial charge on any atom is 0.331 e. The predicted molar refractivity (Wildman–Crippen MR) is 377 cm³/mol. The first-order chi connectivity index (χ1) is 52.3.